The third kappa shape index (κ3) is 3.49. The molecular formula is C12H14O4S. The van der Waals surface area contributed by atoms with E-state index in [4.69, 9.17) is 9.84 Å². The van der Waals surface area contributed by atoms with Gasteiger partial charge in [0.15, 0.2) is 0 Å². The van der Waals surface area contributed by atoms with Crippen LogP contribution in [-0.4, -0.2) is 29.9 Å². The lowest BCUT2D eigenvalue weighted by molar-refractivity contribution is -0.136. The summed E-state index contributed by atoms with van der Waals surface area (Å²) in [7, 11) is 0. The van der Waals surface area contributed by atoms with Gasteiger partial charge < -0.3 is 9.84 Å². The monoisotopic (exact) mass is 254 g/mol. The van der Waals surface area contributed by atoms with Gasteiger partial charge in [0.25, 0.3) is 0 Å². The third-order valence-electron chi connectivity index (χ3n) is 2.15. The van der Waals surface area contributed by atoms with Gasteiger partial charge in [0.1, 0.15) is 0 Å². The van der Waals surface area contributed by atoms with E-state index in [2.05, 4.69) is 0 Å². The molecule has 0 spiro atoms. The molecule has 0 fully saturated rings. The minimum Gasteiger partial charge on any atom is -0.481 e. The molecule has 0 aliphatic carbocycles. The number of carbonyl (C=O) groups is 2. The SMILES string of the molecule is CCOC(=O)c1c(CC(=O)O)cccc1SC. The minimum atomic E-state index is -0.964. The Kier molecular flexibility index (Phi) is 5.03. The van der Waals surface area contributed by atoms with E-state index in [0.717, 1.165) is 4.90 Å². The van der Waals surface area contributed by atoms with Gasteiger partial charge in [0, 0.05) is 4.90 Å². The first-order chi connectivity index (χ1) is 8.10. The zero-order valence-electron chi connectivity index (χ0n) is 9.73. The molecule has 0 unspecified atom stereocenters. The molecule has 0 radical (unpaired) electrons. The summed E-state index contributed by atoms with van der Waals surface area (Å²) in [6.45, 7) is 1.99. The molecule has 1 aromatic carbocycles. The molecule has 0 aliphatic heterocycles. The topological polar surface area (TPSA) is 63.6 Å². The molecule has 1 aromatic rings. The zero-order valence-corrected chi connectivity index (χ0v) is 10.5. The smallest absolute Gasteiger partial charge is 0.339 e. The number of benzene rings is 1. The second kappa shape index (κ2) is 6.30. The maximum atomic E-state index is 11.8. The average Bonchev–Trinajstić information content (AvgIpc) is 2.28. The van der Waals surface area contributed by atoms with Crippen molar-refractivity contribution >= 4 is 23.7 Å². The van der Waals surface area contributed by atoms with Crippen LogP contribution in [0.4, 0.5) is 0 Å². The lowest BCUT2D eigenvalue weighted by atomic mass is 10.0. The zero-order chi connectivity index (χ0) is 12.8. The van der Waals surface area contributed by atoms with Crippen molar-refractivity contribution < 1.29 is 19.4 Å². The van der Waals surface area contributed by atoms with Gasteiger partial charge in [-0.05, 0) is 24.8 Å². The van der Waals surface area contributed by atoms with Gasteiger partial charge in [-0.15, -0.1) is 11.8 Å². The van der Waals surface area contributed by atoms with E-state index in [1.165, 1.54) is 11.8 Å². The summed E-state index contributed by atoms with van der Waals surface area (Å²) in [5, 5.41) is 8.81. The predicted molar refractivity (Wildman–Crippen MR) is 65.5 cm³/mol. The van der Waals surface area contributed by atoms with Crippen LogP contribution in [0.15, 0.2) is 23.1 Å². The minimum absolute atomic E-state index is 0.178. The molecule has 0 saturated heterocycles. The molecule has 4 nitrogen and oxygen atoms in total. The van der Waals surface area contributed by atoms with Gasteiger partial charge in [-0.3, -0.25) is 4.79 Å². The van der Waals surface area contributed by atoms with E-state index < -0.39 is 11.9 Å². The number of esters is 1. The van der Waals surface area contributed by atoms with Crippen LogP contribution in [0.2, 0.25) is 0 Å². The number of rotatable bonds is 5. The lowest BCUT2D eigenvalue weighted by Gasteiger charge is -2.11. The number of hydrogen-bond donors (Lipinski definition) is 1. The van der Waals surface area contributed by atoms with Crippen molar-refractivity contribution in [1.29, 1.82) is 0 Å². The molecule has 5 heteroatoms. The standard InChI is InChI=1S/C12H14O4S/c1-3-16-12(15)11-8(7-10(13)14)5-4-6-9(11)17-2/h4-6H,3,7H2,1-2H3,(H,13,14). The Morgan fingerprint density at radius 1 is 1.41 bits per heavy atom. The summed E-state index contributed by atoms with van der Waals surface area (Å²) in [6.07, 6.45) is 1.66. The van der Waals surface area contributed by atoms with Crippen LogP contribution in [0.25, 0.3) is 0 Å². The molecule has 1 rings (SSSR count). The van der Waals surface area contributed by atoms with Crippen molar-refractivity contribution in [2.75, 3.05) is 12.9 Å². The highest BCUT2D eigenvalue weighted by Gasteiger charge is 2.18. The Labute approximate surface area is 104 Å². The fraction of sp³-hybridized carbons (Fsp3) is 0.333. The first-order valence-corrected chi connectivity index (χ1v) is 6.37. The van der Waals surface area contributed by atoms with Crippen LogP contribution >= 0.6 is 11.8 Å². The van der Waals surface area contributed by atoms with Crippen LogP contribution in [0.1, 0.15) is 22.8 Å². The summed E-state index contributed by atoms with van der Waals surface area (Å²) >= 11 is 1.40. The van der Waals surface area contributed by atoms with Gasteiger partial charge in [0.05, 0.1) is 18.6 Å². The van der Waals surface area contributed by atoms with Crippen molar-refractivity contribution in [1.82, 2.24) is 0 Å². The van der Waals surface area contributed by atoms with E-state index in [1.807, 2.05) is 6.26 Å². The van der Waals surface area contributed by atoms with E-state index >= 15 is 0 Å². The molecule has 0 aliphatic rings. The van der Waals surface area contributed by atoms with E-state index in [0.29, 0.717) is 11.1 Å². The van der Waals surface area contributed by atoms with E-state index in [1.54, 1.807) is 25.1 Å². The molecule has 0 aromatic heterocycles. The van der Waals surface area contributed by atoms with Gasteiger partial charge >= 0.3 is 11.9 Å². The Bertz CT molecular complexity index is 429. The fourth-order valence-electron chi connectivity index (χ4n) is 1.49. The molecular weight excluding hydrogens is 240 g/mol. The van der Waals surface area contributed by atoms with Crippen LogP contribution in [0, 0.1) is 0 Å². The molecule has 0 amide bonds. The maximum Gasteiger partial charge on any atom is 0.339 e. The largest absolute Gasteiger partial charge is 0.481 e. The number of ether oxygens (including phenoxy) is 1. The number of carboxylic acids is 1. The molecule has 0 bridgehead atoms. The second-order valence-corrected chi connectivity index (χ2v) is 4.13. The Balaban J connectivity index is 3.19. The van der Waals surface area contributed by atoms with Gasteiger partial charge in [0.2, 0.25) is 0 Å². The van der Waals surface area contributed by atoms with Gasteiger partial charge in [-0.1, -0.05) is 12.1 Å². The van der Waals surface area contributed by atoms with Gasteiger partial charge in [-0.25, -0.2) is 4.79 Å². The van der Waals surface area contributed by atoms with Crippen molar-refractivity contribution in [2.45, 2.75) is 18.2 Å². The molecule has 0 atom stereocenters. The number of carbonyl (C=O) groups excluding carboxylic acids is 1. The Hall–Kier alpha value is -1.49. The summed E-state index contributed by atoms with van der Waals surface area (Å²) in [5.41, 5.74) is 0.854. The Morgan fingerprint density at radius 2 is 2.12 bits per heavy atom. The quantitative estimate of drug-likeness (QED) is 0.644. The molecule has 0 heterocycles. The maximum absolute atomic E-state index is 11.8. The Morgan fingerprint density at radius 3 is 2.65 bits per heavy atom. The second-order valence-electron chi connectivity index (χ2n) is 3.29. The summed E-state index contributed by atoms with van der Waals surface area (Å²) in [6, 6.07) is 5.16. The first-order valence-electron chi connectivity index (χ1n) is 5.15. The normalized spacial score (nSPS) is 10.0. The number of carboxylic acid groups (broad SMARTS) is 1. The van der Waals surface area contributed by atoms with Crippen molar-refractivity contribution in [2.24, 2.45) is 0 Å². The van der Waals surface area contributed by atoms with E-state index in [-0.39, 0.29) is 13.0 Å². The number of hydrogen-bond acceptors (Lipinski definition) is 4. The van der Waals surface area contributed by atoms with Crippen LogP contribution < -0.4 is 0 Å². The molecule has 17 heavy (non-hydrogen) atoms. The fourth-order valence-corrected chi connectivity index (χ4v) is 2.13. The highest BCUT2D eigenvalue weighted by atomic mass is 32.2. The third-order valence-corrected chi connectivity index (χ3v) is 2.93. The number of thioether (sulfide) groups is 1. The predicted octanol–water partition coefficient (Wildman–Crippen LogP) is 2.21. The molecule has 0 saturated carbocycles. The van der Waals surface area contributed by atoms with Crippen molar-refractivity contribution in [3.63, 3.8) is 0 Å². The average molecular weight is 254 g/mol. The van der Waals surface area contributed by atoms with Crippen LogP contribution in [0.5, 0.6) is 0 Å². The molecule has 1 N–H and O–H groups in total. The van der Waals surface area contributed by atoms with Gasteiger partial charge in [-0.2, -0.15) is 0 Å². The number of aliphatic carboxylic acids is 1. The summed E-state index contributed by atoms with van der Waals surface area (Å²) in [5.74, 6) is -1.43. The first kappa shape index (κ1) is 13.6. The lowest BCUT2D eigenvalue weighted by Crippen LogP contribution is -2.12. The highest BCUT2D eigenvalue weighted by molar-refractivity contribution is 7.98. The molecule has 92 valence electrons. The summed E-state index contributed by atoms with van der Waals surface area (Å²) < 4.78 is 4.95. The van der Waals surface area contributed by atoms with E-state index in [9.17, 15) is 9.59 Å². The van der Waals surface area contributed by atoms with Crippen molar-refractivity contribution in [3.8, 4) is 0 Å². The van der Waals surface area contributed by atoms with Crippen LogP contribution in [0.3, 0.4) is 0 Å². The van der Waals surface area contributed by atoms with Crippen LogP contribution in [-0.2, 0) is 16.0 Å². The van der Waals surface area contributed by atoms with Crippen molar-refractivity contribution in [3.05, 3.63) is 29.3 Å². The highest BCUT2D eigenvalue weighted by Crippen LogP contribution is 2.25. The summed E-state index contributed by atoms with van der Waals surface area (Å²) in [4.78, 5) is 23.3.